The molecule has 1 aromatic carbocycles. The highest BCUT2D eigenvalue weighted by molar-refractivity contribution is 6.05. The number of nitrogens with zero attached hydrogens (tertiary/aromatic N) is 2. The van der Waals surface area contributed by atoms with Gasteiger partial charge in [0, 0.05) is 47.9 Å². The van der Waals surface area contributed by atoms with E-state index in [2.05, 4.69) is 65.0 Å². The number of carbonyl (C=O) groups excluding carboxylic acids is 2. The molecular weight excluding hydrogens is 682 g/mol. The number of aliphatic hydroxyl groups is 1. The summed E-state index contributed by atoms with van der Waals surface area (Å²) in [4.78, 5) is 29.3. The van der Waals surface area contributed by atoms with Crippen LogP contribution >= 0.6 is 0 Å². The Morgan fingerprint density at radius 3 is 2.41 bits per heavy atom. The summed E-state index contributed by atoms with van der Waals surface area (Å²) in [5, 5.41) is 33.3. The first-order valence-corrected chi connectivity index (χ1v) is 19.0. The van der Waals surface area contributed by atoms with E-state index in [-0.39, 0.29) is 29.7 Å². The second-order valence-electron chi connectivity index (χ2n) is 16.7. The first kappa shape index (κ1) is 39.1. The number of nitrogens with one attached hydrogen (secondary N) is 1. The summed E-state index contributed by atoms with van der Waals surface area (Å²) in [6.45, 7) is 16.0. The predicted octanol–water partition coefficient (Wildman–Crippen LogP) is 7.75. The molecule has 6 aliphatic rings. The van der Waals surface area contributed by atoms with Gasteiger partial charge in [0.1, 0.15) is 34.6 Å². The highest BCUT2D eigenvalue weighted by Crippen LogP contribution is 2.69. The Hall–Kier alpha value is -4.62. The van der Waals surface area contributed by atoms with Crippen LogP contribution in [0.3, 0.4) is 0 Å². The number of nitriles is 1. The highest BCUT2D eigenvalue weighted by atomic mass is 16.5. The number of fused-ring (bicyclic) bond motifs is 5. The van der Waals surface area contributed by atoms with Crippen molar-refractivity contribution in [3.8, 4) is 23.3 Å². The number of ketones is 1. The first-order chi connectivity index (χ1) is 25.4. The van der Waals surface area contributed by atoms with Crippen LogP contribution in [0.2, 0.25) is 0 Å². The molecule has 3 fully saturated rings. The minimum Gasteiger partial charge on any atom is -0.495 e. The van der Waals surface area contributed by atoms with E-state index in [1.165, 1.54) is 12.7 Å². The third kappa shape index (κ3) is 5.64. The van der Waals surface area contributed by atoms with Gasteiger partial charge >= 0.3 is 5.97 Å². The van der Waals surface area contributed by atoms with Gasteiger partial charge in [0.15, 0.2) is 17.0 Å². The molecule has 3 saturated carbocycles. The van der Waals surface area contributed by atoms with Crippen molar-refractivity contribution in [2.45, 2.75) is 104 Å². The number of ether oxygens (including phenoxy) is 4. The summed E-state index contributed by atoms with van der Waals surface area (Å²) in [6.07, 6.45) is 12.1. The Morgan fingerprint density at radius 2 is 1.81 bits per heavy atom. The summed E-state index contributed by atoms with van der Waals surface area (Å²) >= 11 is 0. The summed E-state index contributed by atoms with van der Waals surface area (Å²) < 4.78 is 25.8. The summed E-state index contributed by atoms with van der Waals surface area (Å²) in [5.74, 6) is -2.28. The number of hydrogen-bond acceptors (Lipinski definition) is 9. The highest BCUT2D eigenvalue weighted by Gasteiger charge is 2.77. The van der Waals surface area contributed by atoms with E-state index in [0.717, 1.165) is 29.5 Å². The molecule has 1 spiro atoms. The molecule has 0 radical (unpaired) electrons. The van der Waals surface area contributed by atoms with E-state index in [9.17, 15) is 25.4 Å². The second kappa shape index (κ2) is 13.9. The molecule has 2 N–H and O–H groups in total. The molecule has 54 heavy (non-hydrogen) atoms. The Kier molecular flexibility index (Phi) is 10.1. The van der Waals surface area contributed by atoms with Crippen molar-refractivity contribution in [2.24, 2.45) is 29.6 Å². The van der Waals surface area contributed by atoms with Gasteiger partial charge in [-0.25, -0.2) is 4.79 Å². The lowest BCUT2D eigenvalue weighted by Crippen LogP contribution is -2.79. The Balaban J connectivity index is 1.74. The number of amidine groups is 1. The summed E-state index contributed by atoms with van der Waals surface area (Å²) in [7, 11) is 4.66. The maximum Gasteiger partial charge on any atom is 0.333 e. The van der Waals surface area contributed by atoms with Gasteiger partial charge in [-0.15, -0.1) is 0 Å². The predicted molar refractivity (Wildman–Crippen MR) is 208 cm³/mol. The fourth-order valence-corrected chi connectivity index (χ4v) is 9.66. The molecule has 0 aromatic heterocycles. The molecule has 288 valence electrons. The number of rotatable bonds is 10. The zero-order chi connectivity index (χ0) is 39.7. The third-order valence-corrected chi connectivity index (χ3v) is 12.4. The summed E-state index contributed by atoms with van der Waals surface area (Å²) in [6, 6.07) is 2.36. The zero-order valence-electron chi connectivity index (χ0n) is 33.6. The number of carbonyl (C=O) groups is 2. The molecule has 0 amide bonds. The minimum atomic E-state index is -2.13. The van der Waals surface area contributed by atoms with Gasteiger partial charge in [-0.05, 0) is 85.3 Å². The first-order valence-electron chi connectivity index (χ1n) is 19.0. The van der Waals surface area contributed by atoms with Crippen LogP contribution in [-0.2, 0) is 20.7 Å². The van der Waals surface area contributed by atoms with Crippen LogP contribution in [0.15, 0.2) is 46.6 Å². The normalized spacial score (nSPS) is 30.4. The molecule has 0 saturated heterocycles. The Bertz CT molecular complexity index is 2000. The Morgan fingerprint density at radius 1 is 1.13 bits per heavy atom. The van der Waals surface area contributed by atoms with Crippen molar-refractivity contribution < 1.29 is 33.6 Å². The molecule has 7 unspecified atom stereocenters. The maximum absolute atomic E-state index is 15.0. The van der Waals surface area contributed by atoms with Gasteiger partial charge in [-0.2, -0.15) is 5.26 Å². The van der Waals surface area contributed by atoms with Gasteiger partial charge in [0.2, 0.25) is 0 Å². The molecule has 7 atom stereocenters. The van der Waals surface area contributed by atoms with Crippen LogP contribution in [0.5, 0.6) is 17.2 Å². The topological polar surface area (TPSA) is 142 Å². The lowest BCUT2D eigenvalue weighted by molar-refractivity contribution is -0.213. The van der Waals surface area contributed by atoms with E-state index in [4.69, 9.17) is 18.9 Å². The van der Waals surface area contributed by atoms with Crippen LogP contribution in [0.25, 0.3) is 11.8 Å². The van der Waals surface area contributed by atoms with Crippen LogP contribution in [0.1, 0.15) is 97.8 Å². The smallest absolute Gasteiger partial charge is 0.333 e. The van der Waals surface area contributed by atoms with Gasteiger partial charge in [-0.1, -0.05) is 43.2 Å². The van der Waals surface area contributed by atoms with E-state index >= 15 is 0 Å². The van der Waals surface area contributed by atoms with Crippen LogP contribution in [-0.4, -0.2) is 65.7 Å². The van der Waals surface area contributed by atoms with Crippen LogP contribution < -0.4 is 14.2 Å². The number of esters is 1. The molecule has 3 heterocycles. The largest absolute Gasteiger partial charge is 0.495 e. The number of hydrogen-bond donors (Lipinski definition) is 2. The van der Waals surface area contributed by atoms with Gasteiger partial charge in [-0.3, -0.25) is 10.2 Å². The monoisotopic (exact) mass is 737 g/mol. The van der Waals surface area contributed by atoms with Crippen molar-refractivity contribution in [3.05, 3.63) is 63.3 Å². The van der Waals surface area contributed by atoms with E-state index in [1.54, 1.807) is 32.1 Å². The van der Waals surface area contributed by atoms with Crippen molar-refractivity contribution in [3.63, 3.8) is 0 Å². The van der Waals surface area contributed by atoms with Crippen molar-refractivity contribution in [1.82, 2.24) is 4.90 Å². The van der Waals surface area contributed by atoms with Crippen molar-refractivity contribution in [1.29, 1.82) is 10.7 Å². The molecule has 2 bridgehead atoms. The van der Waals surface area contributed by atoms with Crippen molar-refractivity contribution >= 4 is 29.4 Å². The quantitative estimate of drug-likeness (QED) is 0.140. The molecule has 3 aliphatic heterocycles. The third-order valence-electron chi connectivity index (χ3n) is 12.4. The average Bonchev–Trinajstić information content (AvgIpc) is 3.12. The zero-order valence-corrected chi connectivity index (χ0v) is 33.6. The molecule has 10 heteroatoms. The lowest BCUT2D eigenvalue weighted by Gasteiger charge is -2.67. The van der Waals surface area contributed by atoms with Gasteiger partial charge in [0.25, 0.3) is 0 Å². The number of allylic oxidation sites excluding steroid dienone is 4. The number of methoxy groups -OCH3 is 2. The van der Waals surface area contributed by atoms with E-state index < -0.39 is 46.3 Å². The average molecular weight is 738 g/mol. The van der Waals surface area contributed by atoms with E-state index in [0.29, 0.717) is 46.9 Å². The standard InChI is InChI=1S/C44H55N3O7/c1-23(2)13-12-18-42(8)19-17-28-36(53-42)27(15-14-24(3)4)38-33(37(28)51-10)35-34-32(30(22-45)40(46)47(35)9)29-21-31(25(5)6)44(34,54-38)43(50,39(29)48)20-16-26(7)41(49)52-11/h13-14,16-17,19,25,29-32,46,50H,12,15,18,20-21H2,1-11H3. The second-order valence-corrected chi connectivity index (χ2v) is 16.7. The van der Waals surface area contributed by atoms with Crippen molar-refractivity contribution in [2.75, 3.05) is 21.3 Å². The Labute approximate surface area is 319 Å². The molecule has 3 aliphatic carbocycles. The van der Waals surface area contributed by atoms with Crippen LogP contribution in [0.4, 0.5) is 0 Å². The molecule has 10 nitrogen and oxygen atoms in total. The van der Waals surface area contributed by atoms with Gasteiger partial charge < -0.3 is 29.0 Å². The fourth-order valence-electron chi connectivity index (χ4n) is 9.66. The minimum absolute atomic E-state index is 0.0694. The van der Waals surface area contributed by atoms with E-state index in [1.807, 2.05) is 13.8 Å². The molecular formula is C44H55N3O7. The molecule has 7 rings (SSSR count). The lowest BCUT2D eigenvalue weighted by atomic mass is 9.42. The maximum atomic E-state index is 15.0. The van der Waals surface area contributed by atoms with Crippen LogP contribution in [0, 0.1) is 46.3 Å². The summed E-state index contributed by atoms with van der Waals surface area (Å²) in [5.41, 5.74) is 1.46. The van der Waals surface area contributed by atoms with Gasteiger partial charge in [0.05, 0.1) is 37.1 Å². The number of benzene rings is 1. The molecule has 1 aromatic rings. The fraction of sp³-hybridized carbons (Fsp3) is 0.545. The SMILES string of the molecule is COC(=O)C(C)=CCC1(O)C(=O)C2CC(C(C)C)C13Oc1c(CC=C(C)C)c4c(c(OC)c1C1=C3C2C(C#N)C(=N)N1C)C=CC(C)(CCC=C(C)C)O4. The number of Topliss-reactive ketones (excluding diaryl/α,β-unsaturated/α-hetero) is 1.